The molecule has 0 amide bonds. The highest BCUT2D eigenvalue weighted by atomic mass is 16.4. The lowest BCUT2D eigenvalue weighted by molar-refractivity contribution is -0.143. The van der Waals surface area contributed by atoms with Gasteiger partial charge in [0.2, 0.25) is 0 Å². The molecule has 0 aromatic rings. The van der Waals surface area contributed by atoms with Gasteiger partial charge < -0.3 is 5.11 Å². The van der Waals surface area contributed by atoms with Crippen LogP contribution in [0.4, 0.5) is 0 Å². The Bertz CT molecular complexity index is 238. The van der Waals surface area contributed by atoms with Crippen LogP contribution in [0.1, 0.15) is 104 Å². The summed E-state index contributed by atoms with van der Waals surface area (Å²) in [6, 6.07) is 0. The number of hydrogen-bond acceptors (Lipinski definition) is 1. The van der Waals surface area contributed by atoms with Crippen molar-refractivity contribution in [3.63, 3.8) is 0 Å². The van der Waals surface area contributed by atoms with E-state index in [-0.39, 0.29) is 5.92 Å². The Morgan fingerprint density at radius 1 is 0.762 bits per heavy atom. The molecule has 0 aliphatic heterocycles. The summed E-state index contributed by atoms with van der Waals surface area (Å²) >= 11 is 0. The molecule has 0 aromatic heterocycles. The van der Waals surface area contributed by atoms with Gasteiger partial charge in [-0.15, -0.1) is 0 Å². The highest BCUT2D eigenvalue weighted by molar-refractivity contribution is 5.70. The topological polar surface area (TPSA) is 37.3 Å². The van der Waals surface area contributed by atoms with Gasteiger partial charge in [-0.05, 0) is 18.8 Å². The van der Waals surface area contributed by atoms with E-state index in [0.717, 1.165) is 19.3 Å². The summed E-state index contributed by atoms with van der Waals surface area (Å²) in [5.41, 5.74) is 0. The molecule has 0 spiro atoms. The number of unbranched alkanes of at least 4 members (excludes halogenated alkanes) is 9. The smallest absolute Gasteiger partial charge is 0.306 e. The number of aliphatic carboxylic acids is 1. The molecule has 21 heavy (non-hydrogen) atoms. The monoisotopic (exact) mass is 298 g/mol. The third-order valence-corrected chi connectivity index (χ3v) is 4.64. The highest BCUT2D eigenvalue weighted by Gasteiger charge is 2.23. The second-order valence-electron chi connectivity index (χ2n) is 6.68. The first-order valence-corrected chi connectivity index (χ1v) is 9.36. The number of rotatable bonds is 15. The molecular formula is C19H38O2. The largest absolute Gasteiger partial charge is 0.481 e. The first-order chi connectivity index (χ1) is 10.1. The summed E-state index contributed by atoms with van der Waals surface area (Å²) in [5, 5.41) is 9.40. The Balaban J connectivity index is 3.71. The van der Waals surface area contributed by atoms with Crippen molar-refractivity contribution < 1.29 is 9.90 Å². The van der Waals surface area contributed by atoms with E-state index in [0.29, 0.717) is 5.92 Å². The van der Waals surface area contributed by atoms with Crippen LogP contribution in [-0.2, 0) is 4.79 Å². The summed E-state index contributed by atoms with van der Waals surface area (Å²) in [5.74, 6) is -0.373. The second kappa shape index (κ2) is 14.4. The van der Waals surface area contributed by atoms with Gasteiger partial charge in [0.05, 0.1) is 5.92 Å². The van der Waals surface area contributed by atoms with Gasteiger partial charge in [0.15, 0.2) is 0 Å². The summed E-state index contributed by atoms with van der Waals surface area (Å²) in [6.45, 7) is 6.56. The van der Waals surface area contributed by atoms with Gasteiger partial charge in [-0.2, -0.15) is 0 Å². The van der Waals surface area contributed by atoms with Crippen LogP contribution in [-0.4, -0.2) is 11.1 Å². The Morgan fingerprint density at radius 3 is 1.71 bits per heavy atom. The molecule has 2 heteroatoms. The minimum atomic E-state index is -0.582. The van der Waals surface area contributed by atoms with E-state index in [1.807, 2.05) is 0 Å². The molecule has 2 nitrogen and oxygen atoms in total. The van der Waals surface area contributed by atoms with Crippen LogP contribution in [0.2, 0.25) is 0 Å². The molecule has 0 fully saturated rings. The Labute approximate surface area is 132 Å². The van der Waals surface area contributed by atoms with Gasteiger partial charge >= 0.3 is 5.97 Å². The van der Waals surface area contributed by atoms with E-state index in [2.05, 4.69) is 20.8 Å². The molecular weight excluding hydrogens is 260 g/mol. The Hall–Kier alpha value is -0.530. The van der Waals surface area contributed by atoms with E-state index >= 15 is 0 Å². The van der Waals surface area contributed by atoms with Gasteiger partial charge in [-0.3, -0.25) is 4.79 Å². The van der Waals surface area contributed by atoms with Crippen LogP contribution in [0, 0.1) is 11.8 Å². The van der Waals surface area contributed by atoms with Gasteiger partial charge in [0.1, 0.15) is 0 Å². The lowest BCUT2D eigenvalue weighted by atomic mass is 9.85. The van der Waals surface area contributed by atoms with Crippen LogP contribution in [0.3, 0.4) is 0 Å². The zero-order chi connectivity index (χ0) is 15.9. The van der Waals surface area contributed by atoms with Crippen LogP contribution >= 0.6 is 0 Å². The van der Waals surface area contributed by atoms with Gasteiger partial charge in [0.25, 0.3) is 0 Å². The maximum absolute atomic E-state index is 11.4. The molecule has 0 rings (SSSR count). The minimum Gasteiger partial charge on any atom is -0.481 e. The standard InChI is InChI=1S/C19H38O2/c1-4-6-8-9-10-11-12-14-16-18(19(20)21)17(3)15-13-7-5-2/h17-18H,4-16H2,1-3H3,(H,20,21). The van der Waals surface area contributed by atoms with E-state index < -0.39 is 5.97 Å². The minimum absolute atomic E-state index is 0.123. The van der Waals surface area contributed by atoms with Crippen molar-refractivity contribution in [3.8, 4) is 0 Å². The summed E-state index contributed by atoms with van der Waals surface area (Å²) in [6.07, 6.45) is 15.8. The average Bonchev–Trinajstić information content (AvgIpc) is 2.45. The maximum atomic E-state index is 11.4. The fraction of sp³-hybridized carbons (Fsp3) is 0.947. The Morgan fingerprint density at radius 2 is 1.19 bits per heavy atom. The van der Waals surface area contributed by atoms with Crippen molar-refractivity contribution in [1.29, 1.82) is 0 Å². The van der Waals surface area contributed by atoms with Gasteiger partial charge in [-0.25, -0.2) is 0 Å². The third-order valence-electron chi connectivity index (χ3n) is 4.64. The predicted molar refractivity (Wildman–Crippen MR) is 91.7 cm³/mol. The van der Waals surface area contributed by atoms with Crippen molar-refractivity contribution in [3.05, 3.63) is 0 Å². The SMILES string of the molecule is CCCCCCCCCCC(C(=O)O)C(C)CCCCC. The van der Waals surface area contributed by atoms with Crippen molar-refractivity contribution in [2.75, 3.05) is 0 Å². The average molecular weight is 299 g/mol. The lowest BCUT2D eigenvalue weighted by Crippen LogP contribution is -2.21. The molecule has 1 N–H and O–H groups in total. The molecule has 0 saturated carbocycles. The van der Waals surface area contributed by atoms with Crippen LogP contribution in [0.25, 0.3) is 0 Å². The van der Waals surface area contributed by atoms with Crippen molar-refractivity contribution >= 4 is 5.97 Å². The second-order valence-corrected chi connectivity index (χ2v) is 6.68. The van der Waals surface area contributed by atoms with Crippen LogP contribution in [0.5, 0.6) is 0 Å². The first kappa shape index (κ1) is 20.5. The highest BCUT2D eigenvalue weighted by Crippen LogP contribution is 2.24. The normalized spacial score (nSPS) is 14.0. The molecule has 0 radical (unpaired) electrons. The van der Waals surface area contributed by atoms with Gasteiger partial charge in [0, 0.05) is 0 Å². The molecule has 0 heterocycles. The molecule has 0 aliphatic carbocycles. The first-order valence-electron chi connectivity index (χ1n) is 9.36. The predicted octanol–water partition coefficient (Wildman–Crippen LogP) is 6.43. The quantitative estimate of drug-likeness (QED) is 0.353. The molecule has 2 unspecified atom stereocenters. The van der Waals surface area contributed by atoms with E-state index in [1.54, 1.807) is 0 Å². The zero-order valence-corrected chi connectivity index (χ0v) is 14.7. The fourth-order valence-electron chi connectivity index (χ4n) is 3.07. The van der Waals surface area contributed by atoms with Crippen molar-refractivity contribution in [2.45, 2.75) is 104 Å². The molecule has 126 valence electrons. The van der Waals surface area contributed by atoms with E-state index in [1.165, 1.54) is 64.2 Å². The fourth-order valence-corrected chi connectivity index (χ4v) is 3.07. The lowest BCUT2D eigenvalue weighted by Gasteiger charge is -2.20. The number of carbonyl (C=O) groups is 1. The maximum Gasteiger partial charge on any atom is 0.306 e. The molecule has 0 aliphatic rings. The summed E-state index contributed by atoms with van der Waals surface area (Å²) in [4.78, 5) is 11.4. The van der Waals surface area contributed by atoms with Crippen molar-refractivity contribution in [1.82, 2.24) is 0 Å². The molecule has 2 atom stereocenters. The third kappa shape index (κ3) is 11.8. The Kier molecular flexibility index (Phi) is 14.0. The van der Waals surface area contributed by atoms with E-state index in [4.69, 9.17) is 0 Å². The van der Waals surface area contributed by atoms with E-state index in [9.17, 15) is 9.90 Å². The summed E-state index contributed by atoms with van der Waals surface area (Å²) in [7, 11) is 0. The molecule has 0 saturated heterocycles. The number of carboxylic acids is 1. The molecule has 0 bridgehead atoms. The van der Waals surface area contributed by atoms with Gasteiger partial charge in [-0.1, -0.05) is 91.4 Å². The number of hydrogen-bond donors (Lipinski definition) is 1. The summed E-state index contributed by atoms with van der Waals surface area (Å²) < 4.78 is 0. The van der Waals surface area contributed by atoms with Crippen LogP contribution in [0.15, 0.2) is 0 Å². The van der Waals surface area contributed by atoms with Crippen LogP contribution < -0.4 is 0 Å². The zero-order valence-electron chi connectivity index (χ0n) is 14.7. The molecule has 0 aromatic carbocycles. The van der Waals surface area contributed by atoms with Crippen molar-refractivity contribution in [2.24, 2.45) is 11.8 Å². The number of carboxylic acid groups (broad SMARTS) is 1.